The van der Waals surface area contributed by atoms with Crippen LogP contribution in [0.1, 0.15) is 5.56 Å². The number of hydrogen-bond donors (Lipinski definition) is 0. The Labute approximate surface area is 186 Å². The Kier molecular flexibility index (Phi) is 6.65. The van der Waals surface area contributed by atoms with Crippen LogP contribution in [0.15, 0.2) is 58.4 Å². The zero-order chi connectivity index (χ0) is 23.5. The van der Waals surface area contributed by atoms with Crippen molar-refractivity contribution in [2.75, 3.05) is 13.4 Å². The molecule has 32 heavy (non-hydrogen) atoms. The van der Waals surface area contributed by atoms with Gasteiger partial charge in [-0.3, -0.25) is 19.7 Å². The molecule has 0 fully saturated rings. The van der Waals surface area contributed by atoms with E-state index in [9.17, 15) is 28.1 Å². The number of amides is 1. The van der Waals surface area contributed by atoms with E-state index in [1.54, 1.807) is 6.07 Å². The molecule has 12 heteroatoms. The van der Waals surface area contributed by atoms with Crippen LogP contribution in [0, 0.1) is 10.1 Å². The maximum atomic E-state index is 12.4. The molecule has 0 N–H and O–H groups in total. The molecule has 0 aliphatic carbocycles. The van der Waals surface area contributed by atoms with Gasteiger partial charge >= 0.3 is 5.97 Å². The van der Waals surface area contributed by atoms with E-state index in [2.05, 4.69) is 4.99 Å². The molecule has 1 aromatic heterocycles. The quantitative estimate of drug-likeness (QED) is 0.231. The van der Waals surface area contributed by atoms with Crippen LogP contribution in [-0.4, -0.2) is 43.2 Å². The number of thiazole rings is 1. The smallest absolute Gasteiger partial charge is 0.325 e. The lowest BCUT2D eigenvalue weighted by Gasteiger charge is -2.04. The van der Waals surface area contributed by atoms with Crippen LogP contribution in [0.4, 0.5) is 5.69 Å². The molecule has 0 unspecified atom stereocenters. The minimum Gasteiger partial charge on any atom is -0.468 e. The van der Waals surface area contributed by atoms with Gasteiger partial charge in [0.2, 0.25) is 0 Å². The second kappa shape index (κ2) is 9.24. The second-order valence-electron chi connectivity index (χ2n) is 6.58. The number of ether oxygens (including phenoxy) is 1. The maximum absolute atomic E-state index is 12.4. The lowest BCUT2D eigenvalue weighted by atomic mass is 10.2. The Bertz CT molecular complexity index is 1420. The van der Waals surface area contributed by atoms with Gasteiger partial charge < -0.3 is 9.30 Å². The number of carbonyl (C=O) groups is 2. The topological polar surface area (TPSA) is 138 Å². The van der Waals surface area contributed by atoms with E-state index < -0.39 is 26.6 Å². The Hall–Kier alpha value is -3.64. The molecule has 0 saturated heterocycles. The van der Waals surface area contributed by atoms with E-state index in [1.165, 1.54) is 60.2 Å². The van der Waals surface area contributed by atoms with Gasteiger partial charge in [-0.15, -0.1) is 0 Å². The van der Waals surface area contributed by atoms with Crippen LogP contribution < -0.4 is 4.80 Å². The van der Waals surface area contributed by atoms with Crippen LogP contribution in [0.25, 0.3) is 16.3 Å². The number of nitrogens with zero attached hydrogens (tertiary/aromatic N) is 3. The van der Waals surface area contributed by atoms with Crippen LogP contribution in [-0.2, 0) is 30.7 Å². The molecule has 166 valence electrons. The van der Waals surface area contributed by atoms with Crippen molar-refractivity contribution in [1.82, 2.24) is 4.57 Å². The third-order valence-corrected chi connectivity index (χ3v) is 6.48. The number of nitro benzene ring substituents is 1. The number of benzene rings is 2. The summed E-state index contributed by atoms with van der Waals surface area (Å²) in [6, 6.07) is 10.0. The number of aromatic nitrogens is 1. The summed E-state index contributed by atoms with van der Waals surface area (Å²) in [5, 5.41) is 10.7. The number of non-ortho nitro benzene ring substituents is 1. The fraction of sp³-hybridized carbons (Fsp3) is 0.150. The predicted octanol–water partition coefficient (Wildman–Crippen LogP) is 2.33. The van der Waals surface area contributed by atoms with Gasteiger partial charge in [-0.05, 0) is 42.0 Å². The van der Waals surface area contributed by atoms with Gasteiger partial charge in [0.15, 0.2) is 14.6 Å². The molecule has 0 saturated carbocycles. The molecule has 0 atom stereocenters. The first-order chi connectivity index (χ1) is 15.1. The summed E-state index contributed by atoms with van der Waals surface area (Å²) >= 11 is 1.06. The summed E-state index contributed by atoms with van der Waals surface area (Å²) in [4.78, 5) is 38.8. The number of methoxy groups -OCH3 is 1. The fourth-order valence-corrected chi connectivity index (χ4v) is 4.52. The van der Waals surface area contributed by atoms with Gasteiger partial charge in [-0.25, -0.2) is 8.42 Å². The lowest BCUT2D eigenvalue weighted by molar-refractivity contribution is -0.384. The highest BCUT2D eigenvalue weighted by atomic mass is 32.2. The van der Waals surface area contributed by atoms with Crippen molar-refractivity contribution in [1.29, 1.82) is 0 Å². The maximum Gasteiger partial charge on any atom is 0.325 e. The van der Waals surface area contributed by atoms with Crippen molar-refractivity contribution in [3.63, 3.8) is 0 Å². The van der Waals surface area contributed by atoms with Crippen molar-refractivity contribution >= 4 is 55.0 Å². The molecule has 1 heterocycles. The standard InChI is InChI=1S/C20H17N3O7S2/c1-30-19(25)12-22-16-9-8-15(32(2,28)29)11-17(16)31-20(22)21-18(24)10-5-13-3-6-14(7-4-13)23(26)27/h3-11H,12H2,1-2H3/b10-5-,21-20?. The summed E-state index contributed by atoms with van der Waals surface area (Å²) < 4.78 is 30.4. The summed E-state index contributed by atoms with van der Waals surface area (Å²) in [7, 11) is -2.21. The number of carbonyl (C=O) groups excluding carboxylic acids is 2. The first-order valence-corrected chi connectivity index (χ1v) is 11.7. The highest BCUT2D eigenvalue weighted by Gasteiger charge is 2.14. The van der Waals surface area contributed by atoms with Crippen molar-refractivity contribution in [2.24, 2.45) is 4.99 Å². The zero-order valence-electron chi connectivity index (χ0n) is 16.9. The number of sulfone groups is 1. The molecule has 0 aliphatic heterocycles. The lowest BCUT2D eigenvalue weighted by Crippen LogP contribution is -2.22. The largest absolute Gasteiger partial charge is 0.468 e. The van der Waals surface area contributed by atoms with Gasteiger partial charge in [-0.2, -0.15) is 4.99 Å². The molecule has 10 nitrogen and oxygen atoms in total. The van der Waals surface area contributed by atoms with Gasteiger partial charge in [-0.1, -0.05) is 11.3 Å². The molecule has 2 aromatic carbocycles. The fourth-order valence-electron chi connectivity index (χ4n) is 2.72. The molecule has 0 spiro atoms. The Balaban J connectivity index is 2.00. The van der Waals surface area contributed by atoms with E-state index in [0.29, 0.717) is 15.8 Å². The van der Waals surface area contributed by atoms with Gasteiger partial charge in [0.25, 0.3) is 11.6 Å². The van der Waals surface area contributed by atoms with E-state index in [4.69, 9.17) is 4.74 Å². The van der Waals surface area contributed by atoms with Crippen molar-refractivity contribution < 1.29 is 27.7 Å². The molecular weight excluding hydrogens is 458 g/mol. The monoisotopic (exact) mass is 475 g/mol. The number of rotatable bonds is 6. The highest BCUT2D eigenvalue weighted by molar-refractivity contribution is 7.90. The molecule has 0 aliphatic rings. The summed E-state index contributed by atoms with van der Waals surface area (Å²) in [5.41, 5.74) is 1.02. The number of esters is 1. The second-order valence-corrected chi connectivity index (χ2v) is 9.61. The molecule has 0 radical (unpaired) electrons. The van der Waals surface area contributed by atoms with Crippen molar-refractivity contribution in [3.05, 3.63) is 69.0 Å². The van der Waals surface area contributed by atoms with E-state index in [1.807, 2.05) is 0 Å². The minimum atomic E-state index is -3.44. The van der Waals surface area contributed by atoms with Gasteiger partial charge in [0.05, 0.1) is 27.1 Å². The van der Waals surface area contributed by atoms with Crippen LogP contribution in [0.2, 0.25) is 0 Å². The molecule has 0 bridgehead atoms. The van der Waals surface area contributed by atoms with Gasteiger partial charge in [0.1, 0.15) is 6.54 Å². The first kappa shape index (κ1) is 23.0. The SMILES string of the molecule is COC(=O)Cn1c(=NC(=O)/C=C\c2ccc([N+](=O)[O-])cc2)sc2cc(S(C)(=O)=O)ccc21. The van der Waals surface area contributed by atoms with Crippen LogP contribution >= 0.6 is 11.3 Å². The Morgan fingerprint density at radius 1 is 1.22 bits per heavy atom. The summed E-state index contributed by atoms with van der Waals surface area (Å²) in [6.45, 7) is -0.215. The summed E-state index contributed by atoms with van der Waals surface area (Å²) in [6.07, 6.45) is 3.73. The van der Waals surface area contributed by atoms with E-state index in [0.717, 1.165) is 17.6 Å². The molecule has 1 amide bonds. The molecular formula is C20H17N3O7S2. The number of nitro groups is 1. The average molecular weight is 476 g/mol. The molecule has 3 rings (SSSR count). The van der Waals surface area contributed by atoms with E-state index >= 15 is 0 Å². The van der Waals surface area contributed by atoms with Gasteiger partial charge in [0, 0.05) is 24.5 Å². The zero-order valence-corrected chi connectivity index (χ0v) is 18.6. The third kappa shape index (κ3) is 5.34. The third-order valence-electron chi connectivity index (χ3n) is 4.33. The first-order valence-electron chi connectivity index (χ1n) is 9.00. The normalized spacial score (nSPS) is 12.4. The van der Waals surface area contributed by atoms with E-state index in [-0.39, 0.29) is 21.9 Å². The number of hydrogen-bond acceptors (Lipinski definition) is 8. The van der Waals surface area contributed by atoms with Crippen molar-refractivity contribution in [2.45, 2.75) is 11.4 Å². The Morgan fingerprint density at radius 3 is 2.50 bits per heavy atom. The average Bonchev–Trinajstić information content (AvgIpc) is 3.07. The number of fused-ring (bicyclic) bond motifs is 1. The molecule has 3 aromatic rings. The summed E-state index contributed by atoms with van der Waals surface area (Å²) in [5.74, 6) is -1.19. The van der Waals surface area contributed by atoms with Crippen LogP contribution in [0.3, 0.4) is 0 Å². The predicted molar refractivity (Wildman–Crippen MR) is 118 cm³/mol. The van der Waals surface area contributed by atoms with Crippen LogP contribution in [0.5, 0.6) is 0 Å². The Morgan fingerprint density at radius 2 is 1.91 bits per heavy atom. The van der Waals surface area contributed by atoms with Crippen molar-refractivity contribution in [3.8, 4) is 0 Å². The minimum absolute atomic E-state index is 0.0687. The highest BCUT2D eigenvalue weighted by Crippen LogP contribution is 2.22.